The third-order valence-corrected chi connectivity index (χ3v) is 5.68. The number of terminal acetylenes is 1. The van der Waals surface area contributed by atoms with Gasteiger partial charge in [-0.1, -0.05) is 0 Å². The minimum Gasteiger partial charge on any atom is -0.497 e. The fraction of sp³-hybridized carbons (Fsp3) is 0.450. The highest BCUT2D eigenvalue weighted by molar-refractivity contribution is 5.83. The van der Waals surface area contributed by atoms with Crippen LogP contribution in [0.25, 0.3) is 10.9 Å². The van der Waals surface area contributed by atoms with Crippen LogP contribution in [0, 0.1) is 24.2 Å². The van der Waals surface area contributed by atoms with E-state index in [0.29, 0.717) is 11.8 Å². The maximum absolute atomic E-state index is 11.1. The van der Waals surface area contributed by atoms with Crippen LogP contribution in [0.1, 0.15) is 24.5 Å². The van der Waals surface area contributed by atoms with Gasteiger partial charge in [-0.2, -0.15) is 0 Å². The van der Waals surface area contributed by atoms with Crippen LogP contribution in [0.4, 0.5) is 0 Å². The molecule has 0 saturated carbocycles. The third-order valence-electron chi connectivity index (χ3n) is 5.68. The smallest absolute Gasteiger partial charge is 0.119 e. The molecule has 0 spiro atoms. The molecule has 0 amide bonds. The molecule has 4 heterocycles. The first kappa shape index (κ1) is 15.4. The van der Waals surface area contributed by atoms with E-state index in [1.165, 1.54) is 0 Å². The van der Waals surface area contributed by atoms with Gasteiger partial charge in [0.25, 0.3) is 0 Å². The molecular weight excluding hydrogens is 300 g/mol. The van der Waals surface area contributed by atoms with Crippen LogP contribution in [0.5, 0.6) is 5.75 Å². The van der Waals surface area contributed by atoms with Gasteiger partial charge < -0.3 is 9.84 Å². The number of ether oxygens (including phenoxy) is 1. The molecule has 1 N–H and O–H groups in total. The minimum absolute atomic E-state index is 0.130. The molecule has 4 heteroatoms. The lowest BCUT2D eigenvalue weighted by Gasteiger charge is -2.50. The fourth-order valence-electron chi connectivity index (χ4n) is 4.32. The lowest BCUT2D eigenvalue weighted by atomic mass is 9.74. The summed E-state index contributed by atoms with van der Waals surface area (Å²) in [5.41, 5.74) is 1.80. The fourth-order valence-corrected chi connectivity index (χ4v) is 4.32. The molecule has 0 aliphatic carbocycles. The monoisotopic (exact) mass is 322 g/mol. The Labute approximate surface area is 142 Å². The van der Waals surface area contributed by atoms with Crippen molar-refractivity contribution in [2.45, 2.75) is 25.0 Å². The Morgan fingerprint density at radius 3 is 3.00 bits per heavy atom. The summed E-state index contributed by atoms with van der Waals surface area (Å²) in [4.78, 5) is 6.77. The molecule has 24 heavy (non-hydrogen) atoms. The number of fused-ring (bicyclic) bond motifs is 4. The van der Waals surface area contributed by atoms with Crippen molar-refractivity contribution in [1.82, 2.24) is 9.88 Å². The van der Waals surface area contributed by atoms with Gasteiger partial charge in [-0.3, -0.25) is 9.88 Å². The second-order valence-electron chi connectivity index (χ2n) is 6.85. The van der Waals surface area contributed by atoms with Crippen molar-refractivity contribution in [2.24, 2.45) is 11.8 Å². The Morgan fingerprint density at radius 1 is 1.42 bits per heavy atom. The Kier molecular flexibility index (Phi) is 3.91. The number of rotatable bonds is 3. The van der Waals surface area contributed by atoms with Crippen LogP contribution in [0.3, 0.4) is 0 Å². The zero-order valence-electron chi connectivity index (χ0n) is 13.9. The van der Waals surface area contributed by atoms with Crippen molar-refractivity contribution < 1.29 is 9.84 Å². The summed E-state index contributed by atoms with van der Waals surface area (Å²) in [5.74, 6) is 4.57. The number of methoxy groups -OCH3 is 1. The topological polar surface area (TPSA) is 45.6 Å². The van der Waals surface area contributed by atoms with Gasteiger partial charge in [0.2, 0.25) is 0 Å². The van der Waals surface area contributed by atoms with Gasteiger partial charge in [-0.25, -0.2) is 0 Å². The number of aliphatic hydroxyl groups excluding tert-OH is 1. The summed E-state index contributed by atoms with van der Waals surface area (Å²) in [7, 11) is 1.65. The van der Waals surface area contributed by atoms with Crippen LogP contribution in [-0.4, -0.2) is 41.2 Å². The van der Waals surface area contributed by atoms with Gasteiger partial charge >= 0.3 is 0 Å². The van der Waals surface area contributed by atoms with Crippen molar-refractivity contribution in [2.75, 3.05) is 20.2 Å². The second-order valence-corrected chi connectivity index (χ2v) is 6.85. The predicted octanol–water partition coefficient (Wildman–Crippen LogP) is 2.62. The highest BCUT2D eigenvalue weighted by Gasteiger charge is 2.42. The first-order valence-corrected chi connectivity index (χ1v) is 8.52. The van der Waals surface area contributed by atoms with Crippen LogP contribution in [0.15, 0.2) is 30.5 Å². The van der Waals surface area contributed by atoms with Gasteiger partial charge in [0.1, 0.15) is 5.75 Å². The number of aromatic nitrogens is 1. The maximum atomic E-state index is 11.1. The summed E-state index contributed by atoms with van der Waals surface area (Å²) in [5, 5.41) is 12.1. The molecule has 5 atom stereocenters. The molecule has 3 aliphatic heterocycles. The van der Waals surface area contributed by atoms with E-state index in [1.54, 1.807) is 13.3 Å². The molecule has 2 aromatic rings. The number of aliphatic hydroxyl groups is 1. The number of nitrogens with zero attached hydrogens (tertiary/aromatic N) is 2. The quantitative estimate of drug-likeness (QED) is 0.883. The first-order chi connectivity index (χ1) is 11.7. The number of benzene rings is 1. The van der Waals surface area contributed by atoms with Crippen molar-refractivity contribution in [3.63, 3.8) is 0 Å². The number of hydrogen-bond acceptors (Lipinski definition) is 4. The summed E-state index contributed by atoms with van der Waals surface area (Å²) in [6.07, 6.45) is 9.01. The van der Waals surface area contributed by atoms with Crippen molar-refractivity contribution in [3.05, 3.63) is 36.0 Å². The molecule has 1 aromatic carbocycles. The molecule has 4 nitrogen and oxygen atoms in total. The number of hydrogen-bond donors (Lipinski definition) is 1. The highest BCUT2D eigenvalue weighted by atomic mass is 16.5. The summed E-state index contributed by atoms with van der Waals surface area (Å²) < 4.78 is 5.34. The van der Waals surface area contributed by atoms with E-state index in [1.807, 2.05) is 24.3 Å². The number of pyridine rings is 1. The van der Waals surface area contributed by atoms with E-state index in [-0.39, 0.29) is 6.04 Å². The van der Waals surface area contributed by atoms with Crippen LogP contribution in [0.2, 0.25) is 0 Å². The molecule has 4 unspecified atom stereocenters. The van der Waals surface area contributed by atoms with Gasteiger partial charge in [-0.15, -0.1) is 12.3 Å². The summed E-state index contributed by atoms with van der Waals surface area (Å²) in [6, 6.07) is 7.85. The van der Waals surface area contributed by atoms with Gasteiger partial charge in [-0.05, 0) is 55.1 Å². The Bertz CT molecular complexity index is 798. The zero-order chi connectivity index (χ0) is 16.7. The largest absolute Gasteiger partial charge is 0.497 e. The van der Waals surface area contributed by atoms with Crippen LogP contribution in [-0.2, 0) is 0 Å². The van der Waals surface area contributed by atoms with E-state index >= 15 is 0 Å². The molecular formula is C20H22N2O2. The Morgan fingerprint density at radius 2 is 2.29 bits per heavy atom. The molecule has 3 fully saturated rings. The molecule has 3 aliphatic rings. The van der Waals surface area contributed by atoms with Crippen molar-refractivity contribution >= 4 is 10.9 Å². The maximum Gasteiger partial charge on any atom is 0.119 e. The first-order valence-electron chi connectivity index (χ1n) is 8.52. The zero-order valence-corrected chi connectivity index (χ0v) is 13.9. The van der Waals surface area contributed by atoms with Gasteiger partial charge in [0.15, 0.2) is 0 Å². The Balaban J connectivity index is 1.69. The minimum atomic E-state index is -0.538. The van der Waals surface area contributed by atoms with E-state index in [9.17, 15) is 5.11 Å². The Hall–Kier alpha value is -2.09. The number of piperidine rings is 3. The van der Waals surface area contributed by atoms with E-state index in [4.69, 9.17) is 11.2 Å². The molecule has 0 radical (unpaired) electrons. The molecule has 2 bridgehead atoms. The van der Waals surface area contributed by atoms with E-state index < -0.39 is 6.10 Å². The van der Waals surface area contributed by atoms with Crippen molar-refractivity contribution in [3.8, 4) is 18.1 Å². The van der Waals surface area contributed by atoms with E-state index in [2.05, 4.69) is 15.8 Å². The SMILES string of the molecule is C#CC1CN2CCC1CC2[C@@H](O)c1ccnc2ccc(OC)cc12. The standard InChI is InChI=1S/C20H22N2O2/c1-3-13-12-22-9-7-14(13)10-19(22)20(23)16-6-8-21-18-5-4-15(24-2)11-17(16)18/h1,4-6,8,11,13-14,19-20,23H,7,9-10,12H2,2H3/t13?,14?,19?,20-/m0/s1. The average molecular weight is 322 g/mol. The molecule has 3 saturated heterocycles. The average Bonchev–Trinajstić information content (AvgIpc) is 2.66. The van der Waals surface area contributed by atoms with Gasteiger partial charge in [0, 0.05) is 30.1 Å². The third kappa shape index (κ3) is 2.45. The van der Waals surface area contributed by atoms with Gasteiger partial charge in [0.05, 0.1) is 18.7 Å². The predicted molar refractivity (Wildman–Crippen MR) is 93.7 cm³/mol. The summed E-state index contributed by atoms with van der Waals surface area (Å²) >= 11 is 0. The van der Waals surface area contributed by atoms with Crippen LogP contribution < -0.4 is 4.74 Å². The molecule has 124 valence electrons. The highest BCUT2D eigenvalue weighted by Crippen LogP contribution is 2.41. The molecule has 5 rings (SSSR count). The summed E-state index contributed by atoms with van der Waals surface area (Å²) in [6.45, 7) is 1.92. The van der Waals surface area contributed by atoms with E-state index in [0.717, 1.165) is 48.1 Å². The lowest BCUT2D eigenvalue weighted by Crippen LogP contribution is -2.55. The van der Waals surface area contributed by atoms with Crippen LogP contribution >= 0.6 is 0 Å². The van der Waals surface area contributed by atoms with Crippen molar-refractivity contribution in [1.29, 1.82) is 0 Å². The normalized spacial score (nSPS) is 30.0. The lowest BCUT2D eigenvalue weighted by molar-refractivity contribution is -0.0425. The second kappa shape index (κ2) is 6.08. The molecule has 1 aromatic heterocycles.